The minimum atomic E-state index is -0.202. The second-order valence-electron chi connectivity index (χ2n) is 5.08. The smallest absolute Gasteiger partial charge is 0.123 e. The van der Waals surface area contributed by atoms with Gasteiger partial charge in [0.1, 0.15) is 5.82 Å². The fourth-order valence-corrected chi connectivity index (χ4v) is 2.56. The summed E-state index contributed by atoms with van der Waals surface area (Å²) in [6.45, 7) is 0. The van der Waals surface area contributed by atoms with Crippen molar-refractivity contribution in [2.75, 3.05) is 0 Å². The van der Waals surface area contributed by atoms with Crippen molar-refractivity contribution in [3.63, 3.8) is 0 Å². The molecule has 0 amide bonds. The lowest BCUT2D eigenvalue weighted by Gasteiger charge is -2.18. The Morgan fingerprint density at radius 2 is 1.52 bits per heavy atom. The van der Waals surface area contributed by atoms with Gasteiger partial charge in [0, 0.05) is 18.3 Å². The molecule has 0 fully saturated rings. The number of pyridine rings is 1. The van der Waals surface area contributed by atoms with E-state index in [4.69, 9.17) is 0 Å². The highest BCUT2D eigenvalue weighted by atomic mass is 19.1. The molecule has 1 atom stereocenters. The Balaban J connectivity index is 1.97. The summed E-state index contributed by atoms with van der Waals surface area (Å²) in [4.78, 5) is 4.18. The van der Waals surface area contributed by atoms with E-state index in [2.05, 4.69) is 23.2 Å². The predicted molar refractivity (Wildman–Crippen MR) is 82.6 cm³/mol. The number of benzene rings is 2. The van der Waals surface area contributed by atoms with E-state index in [1.54, 1.807) is 6.20 Å². The summed E-state index contributed by atoms with van der Waals surface area (Å²) in [7, 11) is 0. The van der Waals surface area contributed by atoms with Gasteiger partial charge in [-0.2, -0.15) is 0 Å². The number of aromatic nitrogens is 1. The number of nitrogens with zero attached hydrogens (tertiary/aromatic N) is 1. The first kappa shape index (κ1) is 13.5. The molecule has 0 saturated carbocycles. The molecule has 2 heteroatoms. The molecule has 0 saturated heterocycles. The molecule has 0 aliphatic carbocycles. The molecule has 0 aliphatic rings. The first-order chi connectivity index (χ1) is 10.3. The van der Waals surface area contributed by atoms with Gasteiger partial charge in [0.2, 0.25) is 0 Å². The van der Waals surface area contributed by atoms with Crippen molar-refractivity contribution in [1.82, 2.24) is 4.98 Å². The SMILES string of the molecule is Fc1ccc(C(Cc2cccnc2)c2ccccc2)cc1. The highest BCUT2D eigenvalue weighted by Gasteiger charge is 2.15. The number of rotatable bonds is 4. The largest absolute Gasteiger partial charge is 0.264 e. The van der Waals surface area contributed by atoms with Gasteiger partial charge in [0.05, 0.1) is 0 Å². The van der Waals surface area contributed by atoms with E-state index >= 15 is 0 Å². The highest BCUT2D eigenvalue weighted by Crippen LogP contribution is 2.28. The first-order valence-corrected chi connectivity index (χ1v) is 7.02. The Morgan fingerprint density at radius 1 is 0.810 bits per heavy atom. The van der Waals surface area contributed by atoms with Crippen LogP contribution in [-0.2, 0) is 6.42 Å². The van der Waals surface area contributed by atoms with Crippen molar-refractivity contribution in [1.29, 1.82) is 0 Å². The van der Waals surface area contributed by atoms with Gasteiger partial charge in [-0.25, -0.2) is 4.39 Å². The highest BCUT2D eigenvalue weighted by molar-refractivity contribution is 5.34. The van der Waals surface area contributed by atoms with Crippen LogP contribution in [0.3, 0.4) is 0 Å². The third-order valence-electron chi connectivity index (χ3n) is 3.64. The summed E-state index contributed by atoms with van der Waals surface area (Å²) >= 11 is 0. The summed E-state index contributed by atoms with van der Waals surface area (Å²) in [6, 6.07) is 21.1. The van der Waals surface area contributed by atoms with E-state index in [9.17, 15) is 4.39 Å². The van der Waals surface area contributed by atoms with Crippen LogP contribution in [0.5, 0.6) is 0 Å². The molecule has 0 N–H and O–H groups in total. The van der Waals surface area contributed by atoms with E-state index in [1.807, 2.05) is 42.6 Å². The first-order valence-electron chi connectivity index (χ1n) is 7.02. The van der Waals surface area contributed by atoms with E-state index in [1.165, 1.54) is 23.3 Å². The maximum atomic E-state index is 13.2. The maximum absolute atomic E-state index is 13.2. The molecule has 1 aromatic heterocycles. The zero-order valence-electron chi connectivity index (χ0n) is 11.6. The van der Waals surface area contributed by atoms with Gasteiger partial charge < -0.3 is 0 Å². The van der Waals surface area contributed by atoms with Crippen molar-refractivity contribution in [2.24, 2.45) is 0 Å². The second-order valence-corrected chi connectivity index (χ2v) is 5.08. The van der Waals surface area contributed by atoms with Crippen molar-refractivity contribution in [3.05, 3.63) is 102 Å². The lowest BCUT2D eigenvalue weighted by atomic mass is 9.86. The average Bonchev–Trinajstić information content (AvgIpc) is 2.55. The summed E-state index contributed by atoms with van der Waals surface area (Å²) < 4.78 is 13.2. The number of hydrogen-bond acceptors (Lipinski definition) is 1. The van der Waals surface area contributed by atoms with Crippen LogP contribution in [0.25, 0.3) is 0 Å². The van der Waals surface area contributed by atoms with Gasteiger partial charge in [-0.05, 0) is 41.3 Å². The summed E-state index contributed by atoms with van der Waals surface area (Å²) in [5.41, 5.74) is 3.52. The van der Waals surface area contributed by atoms with Gasteiger partial charge >= 0.3 is 0 Å². The van der Waals surface area contributed by atoms with Crippen molar-refractivity contribution in [3.8, 4) is 0 Å². The summed E-state index contributed by atoms with van der Waals surface area (Å²) in [6.07, 6.45) is 4.52. The number of halogens is 1. The van der Waals surface area contributed by atoms with Crippen LogP contribution in [0, 0.1) is 5.82 Å². The zero-order valence-corrected chi connectivity index (χ0v) is 11.6. The van der Waals surface area contributed by atoms with Gasteiger partial charge in [-0.1, -0.05) is 48.5 Å². The molecule has 1 unspecified atom stereocenters. The Bertz CT molecular complexity index is 678. The van der Waals surface area contributed by atoms with Crippen molar-refractivity contribution < 1.29 is 4.39 Å². The van der Waals surface area contributed by atoms with Crippen LogP contribution >= 0.6 is 0 Å². The Morgan fingerprint density at radius 3 is 2.19 bits per heavy atom. The quantitative estimate of drug-likeness (QED) is 0.679. The lowest BCUT2D eigenvalue weighted by molar-refractivity contribution is 0.626. The summed E-state index contributed by atoms with van der Waals surface area (Å²) in [5.74, 6) is 0.00272. The molecule has 3 rings (SSSR count). The van der Waals surface area contributed by atoms with Crippen LogP contribution in [0.15, 0.2) is 79.1 Å². The maximum Gasteiger partial charge on any atom is 0.123 e. The molecule has 21 heavy (non-hydrogen) atoms. The molecule has 3 aromatic rings. The molecule has 0 aliphatic heterocycles. The van der Waals surface area contributed by atoms with E-state index < -0.39 is 0 Å². The Kier molecular flexibility index (Phi) is 4.06. The molecular formula is C19H16FN. The molecule has 0 bridgehead atoms. The molecular weight excluding hydrogens is 261 g/mol. The molecule has 1 nitrogen and oxygen atoms in total. The average molecular weight is 277 g/mol. The topological polar surface area (TPSA) is 12.9 Å². The standard InChI is InChI=1S/C19H16FN/c20-18-10-8-17(9-11-18)19(16-6-2-1-3-7-16)13-15-5-4-12-21-14-15/h1-12,14,19H,13H2. The van der Waals surface area contributed by atoms with E-state index in [0.29, 0.717) is 0 Å². The predicted octanol–water partition coefficient (Wildman–Crippen LogP) is 4.60. The second kappa shape index (κ2) is 6.31. The normalized spacial score (nSPS) is 12.0. The lowest BCUT2D eigenvalue weighted by Crippen LogP contribution is -2.05. The third kappa shape index (κ3) is 3.34. The molecule has 2 aromatic carbocycles. The van der Waals surface area contributed by atoms with Crippen LogP contribution in [-0.4, -0.2) is 4.98 Å². The van der Waals surface area contributed by atoms with Gasteiger partial charge in [0.15, 0.2) is 0 Å². The van der Waals surface area contributed by atoms with Crippen LogP contribution in [0.1, 0.15) is 22.6 Å². The van der Waals surface area contributed by atoms with Gasteiger partial charge in [-0.3, -0.25) is 4.98 Å². The molecule has 1 heterocycles. The van der Waals surface area contributed by atoms with Crippen LogP contribution < -0.4 is 0 Å². The zero-order chi connectivity index (χ0) is 14.5. The number of hydrogen-bond donors (Lipinski definition) is 0. The Labute approximate surface area is 124 Å². The van der Waals surface area contributed by atoms with Gasteiger partial charge in [-0.15, -0.1) is 0 Å². The van der Waals surface area contributed by atoms with Crippen LogP contribution in [0.2, 0.25) is 0 Å². The monoisotopic (exact) mass is 277 g/mol. The van der Waals surface area contributed by atoms with Gasteiger partial charge in [0.25, 0.3) is 0 Å². The fourth-order valence-electron chi connectivity index (χ4n) is 2.56. The van der Waals surface area contributed by atoms with Crippen molar-refractivity contribution >= 4 is 0 Å². The third-order valence-corrected chi connectivity index (χ3v) is 3.64. The van der Waals surface area contributed by atoms with Crippen LogP contribution in [0.4, 0.5) is 4.39 Å². The van der Waals surface area contributed by atoms with E-state index in [0.717, 1.165) is 12.0 Å². The molecule has 0 spiro atoms. The van der Waals surface area contributed by atoms with Crippen molar-refractivity contribution in [2.45, 2.75) is 12.3 Å². The molecule has 104 valence electrons. The molecule has 0 radical (unpaired) electrons. The fraction of sp³-hybridized carbons (Fsp3) is 0.105. The van der Waals surface area contributed by atoms with E-state index in [-0.39, 0.29) is 11.7 Å². The summed E-state index contributed by atoms with van der Waals surface area (Å²) in [5, 5.41) is 0. The minimum absolute atomic E-state index is 0.202. The Hall–Kier alpha value is -2.48. The minimum Gasteiger partial charge on any atom is -0.264 e.